The Hall–Kier alpha value is -1.34. The molecular weight excluding hydrogens is 348 g/mol. The number of Topliss-reactive ketones (excluding diaryl/α,β-unsaturated/α-hetero) is 1. The summed E-state index contributed by atoms with van der Waals surface area (Å²) in [6.45, 7) is 2.95. The first kappa shape index (κ1) is 19.0. The van der Waals surface area contributed by atoms with Gasteiger partial charge in [0.15, 0.2) is 17.2 Å². The molecule has 0 aliphatic heterocycles. The van der Waals surface area contributed by atoms with Crippen LogP contribution in [0, 0.1) is 28.6 Å². The van der Waals surface area contributed by atoms with Crippen molar-refractivity contribution in [1.29, 1.82) is 0 Å². The van der Waals surface area contributed by atoms with Crippen molar-refractivity contribution in [2.45, 2.75) is 57.3 Å². The highest BCUT2D eigenvalue weighted by molar-refractivity contribution is 5.93. The van der Waals surface area contributed by atoms with E-state index in [-0.39, 0.29) is 36.4 Å². The lowest BCUT2D eigenvalue weighted by Crippen LogP contribution is -2.63. The number of allylic oxidation sites excluding steroid dienone is 4. The molecule has 8 atom stereocenters. The van der Waals surface area contributed by atoms with Crippen LogP contribution in [0.1, 0.15) is 39.5 Å². The third-order valence-electron chi connectivity index (χ3n) is 8.24. The van der Waals surface area contributed by atoms with Gasteiger partial charge in [-0.25, -0.2) is 0 Å². The van der Waals surface area contributed by atoms with Gasteiger partial charge in [-0.1, -0.05) is 31.6 Å². The Morgan fingerprint density at radius 1 is 1.30 bits per heavy atom. The lowest BCUT2D eigenvalue weighted by molar-refractivity contribution is -0.188. The summed E-state index contributed by atoms with van der Waals surface area (Å²) in [5.41, 5.74) is -2.48. The van der Waals surface area contributed by atoms with Gasteiger partial charge in [-0.15, -0.1) is 0 Å². The molecule has 0 aromatic heterocycles. The number of carbonyl (C=O) groups is 2. The number of hydrogen-bond acceptors (Lipinski definition) is 6. The smallest absolute Gasteiger partial charge is 0.192 e. The summed E-state index contributed by atoms with van der Waals surface area (Å²) >= 11 is 0. The van der Waals surface area contributed by atoms with Crippen LogP contribution < -0.4 is 0 Å². The summed E-state index contributed by atoms with van der Waals surface area (Å²) in [6.07, 6.45) is 4.94. The third kappa shape index (κ3) is 2.21. The van der Waals surface area contributed by atoms with E-state index in [1.54, 1.807) is 13.0 Å². The highest BCUT2D eigenvalue weighted by Gasteiger charge is 2.71. The summed E-state index contributed by atoms with van der Waals surface area (Å²) in [5, 5.41) is 42.3. The van der Waals surface area contributed by atoms with Gasteiger partial charge in [0, 0.05) is 23.2 Å². The quantitative estimate of drug-likeness (QED) is 0.523. The van der Waals surface area contributed by atoms with Gasteiger partial charge >= 0.3 is 0 Å². The first-order chi connectivity index (χ1) is 12.6. The molecule has 4 N–H and O–H groups in total. The molecule has 0 aromatic carbocycles. The number of rotatable bonds is 2. The summed E-state index contributed by atoms with van der Waals surface area (Å²) in [4.78, 5) is 24.3. The molecule has 4 aliphatic rings. The highest BCUT2D eigenvalue weighted by Crippen LogP contribution is 2.66. The van der Waals surface area contributed by atoms with Crippen molar-refractivity contribution in [1.82, 2.24) is 0 Å². The highest BCUT2D eigenvalue weighted by atomic mass is 16.4. The number of carbonyl (C=O) groups excluding carboxylic acids is 2. The molecule has 6 nitrogen and oxygen atoms in total. The zero-order chi connectivity index (χ0) is 19.8. The average molecular weight is 376 g/mol. The minimum absolute atomic E-state index is 0.0273. The van der Waals surface area contributed by atoms with Gasteiger partial charge in [-0.3, -0.25) is 9.59 Å². The average Bonchev–Trinajstić information content (AvgIpc) is 2.82. The van der Waals surface area contributed by atoms with E-state index in [0.29, 0.717) is 12.8 Å². The Bertz CT molecular complexity index is 756. The number of aliphatic hydroxyl groups excluding tert-OH is 3. The Morgan fingerprint density at radius 2 is 2.00 bits per heavy atom. The zero-order valence-electron chi connectivity index (χ0n) is 15.8. The van der Waals surface area contributed by atoms with Crippen molar-refractivity contribution < 1.29 is 30.0 Å². The Balaban J connectivity index is 1.79. The fraction of sp³-hybridized carbons (Fsp3) is 0.714. The second-order valence-electron chi connectivity index (χ2n) is 9.31. The Labute approximate surface area is 158 Å². The minimum Gasteiger partial charge on any atom is -0.393 e. The van der Waals surface area contributed by atoms with Crippen molar-refractivity contribution >= 4 is 11.6 Å². The number of aliphatic hydroxyl groups is 4. The van der Waals surface area contributed by atoms with Crippen molar-refractivity contribution in [2.24, 2.45) is 28.6 Å². The predicted octanol–water partition coefficient (Wildman–Crippen LogP) is 0.528. The first-order valence-electron chi connectivity index (χ1n) is 9.74. The second-order valence-corrected chi connectivity index (χ2v) is 9.31. The molecule has 2 saturated carbocycles. The molecule has 27 heavy (non-hydrogen) atoms. The summed E-state index contributed by atoms with van der Waals surface area (Å²) in [7, 11) is 0. The maximum Gasteiger partial charge on any atom is 0.192 e. The summed E-state index contributed by atoms with van der Waals surface area (Å²) in [5.74, 6) is -1.06. The van der Waals surface area contributed by atoms with Crippen molar-refractivity contribution in [2.75, 3.05) is 6.61 Å². The van der Waals surface area contributed by atoms with Crippen molar-refractivity contribution in [3.05, 3.63) is 23.8 Å². The SMILES string of the molecule is C[C@]12C=CC(=O)CC1=CC[C@@H]1C2[C@@H](O)C[C@@]2(C)C1C[C@@H](O)[C@]2(O)C(=O)CO. The molecule has 2 unspecified atom stereocenters. The van der Waals surface area contributed by atoms with E-state index in [4.69, 9.17) is 0 Å². The summed E-state index contributed by atoms with van der Waals surface area (Å²) in [6, 6.07) is 0. The van der Waals surface area contributed by atoms with E-state index >= 15 is 0 Å². The topological polar surface area (TPSA) is 115 Å². The van der Waals surface area contributed by atoms with Gasteiger partial charge in [0.05, 0.1) is 12.2 Å². The van der Waals surface area contributed by atoms with E-state index in [1.165, 1.54) is 0 Å². The van der Waals surface area contributed by atoms with Crippen LogP contribution in [0.4, 0.5) is 0 Å². The van der Waals surface area contributed by atoms with Crippen LogP contribution in [0.2, 0.25) is 0 Å². The minimum atomic E-state index is -2.05. The van der Waals surface area contributed by atoms with E-state index in [0.717, 1.165) is 5.57 Å². The Kier molecular flexibility index (Phi) is 4.10. The molecule has 4 aliphatic carbocycles. The van der Waals surface area contributed by atoms with Gasteiger partial charge in [0.2, 0.25) is 0 Å². The standard InChI is InChI=1S/C21H28O6/c1-19-6-5-12(23)7-11(19)3-4-13-14-8-16(25)21(27,17(26)10-22)20(14,2)9-15(24)18(13)19/h3,5-6,13-16,18,22,24-25,27H,4,7-10H2,1-2H3/t13-,14?,15-,16+,18?,19-,20-,21-/m0/s1. The van der Waals surface area contributed by atoms with Crippen LogP contribution in [0.3, 0.4) is 0 Å². The largest absolute Gasteiger partial charge is 0.393 e. The monoisotopic (exact) mass is 376 g/mol. The molecule has 0 heterocycles. The maximum absolute atomic E-state index is 12.4. The molecule has 0 bridgehead atoms. The van der Waals surface area contributed by atoms with Crippen LogP contribution in [-0.4, -0.2) is 56.4 Å². The molecule has 0 amide bonds. The van der Waals surface area contributed by atoms with Crippen molar-refractivity contribution in [3.63, 3.8) is 0 Å². The van der Waals surface area contributed by atoms with Gasteiger partial charge in [0.1, 0.15) is 6.61 Å². The van der Waals surface area contributed by atoms with E-state index in [2.05, 4.69) is 6.08 Å². The molecule has 0 aromatic rings. The van der Waals surface area contributed by atoms with Gasteiger partial charge < -0.3 is 20.4 Å². The predicted molar refractivity (Wildman–Crippen MR) is 96.4 cm³/mol. The normalized spacial score (nSPS) is 51.3. The number of ketones is 2. The maximum atomic E-state index is 12.4. The van der Waals surface area contributed by atoms with Crippen molar-refractivity contribution in [3.8, 4) is 0 Å². The Morgan fingerprint density at radius 3 is 2.67 bits per heavy atom. The van der Waals surface area contributed by atoms with Crippen LogP contribution in [0.5, 0.6) is 0 Å². The van der Waals surface area contributed by atoms with E-state index < -0.39 is 41.0 Å². The van der Waals surface area contributed by atoms with Gasteiger partial charge in [-0.05, 0) is 37.2 Å². The van der Waals surface area contributed by atoms with Crippen LogP contribution in [0.15, 0.2) is 23.8 Å². The van der Waals surface area contributed by atoms with Crippen LogP contribution in [0.25, 0.3) is 0 Å². The molecule has 0 radical (unpaired) electrons. The number of fused-ring (bicyclic) bond motifs is 5. The van der Waals surface area contributed by atoms with Crippen LogP contribution >= 0.6 is 0 Å². The van der Waals surface area contributed by atoms with Gasteiger partial charge in [0.25, 0.3) is 0 Å². The molecule has 6 heteroatoms. The fourth-order valence-electron chi connectivity index (χ4n) is 6.87. The third-order valence-corrected chi connectivity index (χ3v) is 8.24. The molecule has 2 fully saturated rings. The van der Waals surface area contributed by atoms with E-state index in [9.17, 15) is 30.0 Å². The van der Waals surface area contributed by atoms with E-state index in [1.807, 2.05) is 13.0 Å². The molecule has 0 spiro atoms. The lowest BCUT2D eigenvalue weighted by Gasteiger charge is -2.58. The second kappa shape index (κ2) is 5.83. The molecule has 0 saturated heterocycles. The van der Waals surface area contributed by atoms with Gasteiger partial charge in [-0.2, -0.15) is 0 Å². The fourth-order valence-corrected chi connectivity index (χ4v) is 6.87. The summed E-state index contributed by atoms with van der Waals surface area (Å²) < 4.78 is 0. The number of hydrogen-bond donors (Lipinski definition) is 4. The lowest BCUT2D eigenvalue weighted by atomic mass is 9.47. The first-order valence-corrected chi connectivity index (χ1v) is 9.74. The zero-order valence-corrected chi connectivity index (χ0v) is 15.8. The molecule has 148 valence electrons. The van der Waals surface area contributed by atoms with Crippen LogP contribution in [-0.2, 0) is 9.59 Å². The molecular formula is C21H28O6. The molecule has 4 rings (SSSR count).